The van der Waals surface area contributed by atoms with Crippen LogP contribution in [0.15, 0.2) is 34.8 Å². The van der Waals surface area contributed by atoms with Gasteiger partial charge in [-0.2, -0.15) is 0 Å². The molecule has 3 nitrogen and oxygen atoms in total. The Morgan fingerprint density at radius 1 is 1.30 bits per heavy atom. The van der Waals surface area contributed by atoms with E-state index in [0.29, 0.717) is 22.0 Å². The number of nitrogens with two attached hydrogens (primary N) is 1. The lowest BCUT2D eigenvalue weighted by molar-refractivity contribution is 0.102. The molecule has 0 saturated heterocycles. The van der Waals surface area contributed by atoms with Crippen molar-refractivity contribution in [2.75, 3.05) is 11.1 Å². The van der Waals surface area contributed by atoms with Gasteiger partial charge in [0.2, 0.25) is 0 Å². The minimum absolute atomic E-state index is 0.235. The van der Waals surface area contributed by atoms with Gasteiger partial charge in [0.15, 0.2) is 0 Å². The molecular formula is C15H14BrClN2O. The second-order valence-electron chi connectivity index (χ2n) is 4.58. The molecule has 0 saturated carbocycles. The van der Waals surface area contributed by atoms with Crippen LogP contribution in [-0.2, 0) is 0 Å². The highest BCUT2D eigenvalue weighted by Crippen LogP contribution is 2.31. The molecule has 2 aromatic rings. The van der Waals surface area contributed by atoms with Crippen molar-refractivity contribution in [1.29, 1.82) is 0 Å². The van der Waals surface area contributed by atoms with Gasteiger partial charge in [-0.1, -0.05) is 17.7 Å². The number of benzene rings is 2. The van der Waals surface area contributed by atoms with Crippen LogP contribution in [0.2, 0.25) is 5.02 Å². The van der Waals surface area contributed by atoms with Gasteiger partial charge < -0.3 is 11.1 Å². The summed E-state index contributed by atoms with van der Waals surface area (Å²) in [6.45, 7) is 3.75. The van der Waals surface area contributed by atoms with Crippen LogP contribution in [0.3, 0.4) is 0 Å². The van der Waals surface area contributed by atoms with Crippen LogP contribution in [0, 0.1) is 13.8 Å². The van der Waals surface area contributed by atoms with E-state index in [1.165, 1.54) is 0 Å². The highest BCUT2D eigenvalue weighted by atomic mass is 79.9. The maximum Gasteiger partial charge on any atom is 0.256 e. The average Bonchev–Trinajstić information content (AvgIpc) is 2.36. The molecule has 0 heterocycles. The summed E-state index contributed by atoms with van der Waals surface area (Å²) < 4.78 is 0.753. The van der Waals surface area contributed by atoms with Crippen molar-refractivity contribution < 1.29 is 4.79 Å². The van der Waals surface area contributed by atoms with Gasteiger partial charge in [0.1, 0.15) is 0 Å². The molecule has 0 aromatic heterocycles. The van der Waals surface area contributed by atoms with Gasteiger partial charge in [0, 0.05) is 15.1 Å². The van der Waals surface area contributed by atoms with Gasteiger partial charge in [-0.15, -0.1) is 0 Å². The Kier molecular flexibility index (Phi) is 4.35. The lowest BCUT2D eigenvalue weighted by Gasteiger charge is -2.13. The summed E-state index contributed by atoms with van der Waals surface area (Å²) in [5.74, 6) is -0.235. The van der Waals surface area contributed by atoms with E-state index in [4.69, 9.17) is 17.3 Å². The zero-order valence-electron chi connectivity index (χ0n) is 11.1. The number of nitrogen functional groups attached to an aromatic ring is 1. The third-order valence-electron chi connectivity index (χ3n) is 3.02. The first-order valence-corrected chi connectivity index (χ1v) is 7.19. The van der Waals surface area contributed by atoms with Gasteiger partial charge in [-0.05, 0) is 65.2 Å². The van der Waals surface area contributed by atoms with Gasteiger partial charge in [-0.25, -0.2) is 0 Å². The maximum atomic E-state index is 12.3. The highest BCUT2D eigenvalue weighted by molar-refractivity contribution is 9.10. The quantitative estimate of drug-likeness (QED) is 0.778. The number of amides is 1. The lowest BCUT2D eigenvalue weighted by Crippen LogP contribution is -2.15. The molecule has 1 amide bonds. The SMILES string of the molecule is Cc1cc(N)c(NC(=O)c2cccc(Cl)c2C)c(Br)c1. The lowest BCUT2D eigenvalue weighted by atomic mass is 10.1. The Labute approximate surface area is 131 Å². The number of halogens is 2. The molecular weight excluding hydrogens is 340 g/mol. The Hall–Kier alpha value is -1.52. The Balaban J connectivity index is 2.36. The third kappa shape index (κ3) is 2.97. The summed E-state index contributed by atoms with van der Waals surface area (Å²) in [6, 6.07) is 8.94. The van der Waals surface area contributed by atoms with E-state index in [-0.39, 0.29) is 5.91 Å². The van der Waals surface area contributed by atoms with Crippen molar-refractivity contribution in [2.24, 2.45) is 0 Å². The van der Waals surface area contributed by atoms with Crippen LogP contribution in [-0.4, -0.2) is 5.91 Å². The molecule has 3 N–H and O–H groups in total. The number of hydrogen-bond acceptors (Lipinski definition) is 2. The van der Waals surface area contributed by atoms with Crippen molar-refractivity contribution >= 4 is 44.8 Å². The van der Waals surface area contributed by atoms with Crippen LogP contribution in [0.25, 0.3) is 0 Å². The Morgan fingerprint density at radius 3 is 2.65 bits per heavy atom. The van der Waals surface area contributed by atoms with Crippen LogP contribution in [0.1, 0.15) is 21.5 Å². The summed E-state index contributed by atoms with van der Waals surface area (Å²) in [5.41, 5.74) is 9.33. The van der Waals surface area contributed by atoms with Crippen molar-refractivity contribution in [3.05, 3.63) is 56.5 Å². The molecule has 0 aliphatic heterocycles. The number of aryl methyl sites for hydroxylation is 1. The molecule has 0 atom stereocenters. The minimum Gasteiger partial charge on any atom is -0.397 e. The first kappa shape index (κ1) is 14.9. The predicted octanol–water partition coefficient (Wildman–Crippen LogP) is 4.55. The zero-order chi connectivity index (χ0) is 14.9. The fourth-order valence-corrected chi connectivity index (χ4v) is 2.80. The summed E-state index contributed by atoms with van der Waals surface area (Å²) in [4.78, 5) is 12.3. The monoisotopic (exact) mass is 352 g/mol. The molecule has 0 radical (unpaired) electrons. The first-order chi connectivity index (χ1) is 9.40. The van der Waals surface area contributed by atoms with Crippen molar-refractivity contribution in [1.82, 2.24) is 0 Å². The van der Waals surface area contributed by atoms with Gasteiger partial charge in [0.25, 0.3) is 5.91 Å². The van der Waals surface area contributed by atoms with Crippen LogP contribution >= 0.6 is 27.5 Å². The van der Waals surface area contributed by atoms with Crippen LogP contribution in [0.5, 0.6) is 0 Å². The van der Waals surface area contributed by atoms with Gasteiger partial charge in [-0.3, -0.25) is 4.79 Å². The van der Waals surface area contributed by atoms with Gasteiger partial charge >= 0.3 is 0 Å². The summed E-state index contributed by atoms with van der Waals surface area (Å²) in [5, 5.41) is 3.38. The van der Waals surface area contributed by atoms with E-state index in [1.807, 2.05) is 26.0 Å². The van der Waals surface area contributed by atoms with E-state index in [9.17, 15) is 4.79 Å². The van der Waals surface area contributed by atoms with E-state index >= 15 is 0 Å². The molecule has 104 valence electrons. The minimum atomic E-state index is -0.235. The Bertz CT molecular complexity index is 663. The van der Waals surface area contributed by atoms with E-state index in [2.05, 4.69) is 21.2 Å². The van der Waals surface area contributed by atoms with Crippen molar-refractivity contribution in [3.8, 4) is 0 Å². The number of nitrogens with one attached hydrogen (secondary N) is 1. The molecule has 2 rings (SSSR count). The van der Waals surface area contributed by atoms with Crippen molar-refractivity contribution in [2.45, 2.75) is 13.8 Å². The maximum absolute atomic E-state index is 12.3. The molecule has 0 unspecified atom stereocenters. The third-order valence-corrected chi connectivity index (χ3v) is 4.05. The molecule has 0 aliphatic carbocycles. The highest BCUT2D eigenvalue weighted by Gasteiger charge is 2.14. The number of anilines is 2. The van der Waals surface area contributed by atoms with E-state index < -0.39 is 0 Å². The Morgan fingerprint density at radius 2 is 2.00 bits per heavy atom. The molecule has 0 aliphatic rings. The zero-order valence-corrected chi connectivity index (χ0v) is 13.5. The summed E-state index contributed by atoms with van der Waals surface area (Å²) in [6.07, 6.45) is 0. The summed E-state index contributed by atoms with van der Waals surface area (Å²) >= 11 is 9.44. The second kappa shape index (κ2) is 5.85. The first-order valence-electron chi connectivity index (χ1n) is 6.02. The molecule has 5 heteroatoms. The number of carbonyl (C=O) groups excluding carboxylic acids is 1. The molecule has 0 spiro atoms. The second-order valence-corrected chi connectivity index (χ2v) is 5.84. The molecule has 2 aromatic carbocycles. The molecule has 0 bridgehead atoms. The van der Waals surface area contributed by atoms with E-state index in [0.717, 1.165) is 15.6 Å². The standard InChI is InChI=1S/C15H14BrClN2O/c1-8-6-11(16)14(13(18)7-8)19-15(20)10-4-3-5-12(17)9(10)2/h3-7H,18H2,1-2H3,(H,19,20). The predicted molar refractivity (Wildman–Crippen MR) is 87.4 cm³/mol. The fraction of sp³-hybridized carbons (Fsp3) is 0.133. The largest absolute Gasteiger partial charge is 0.397 e. The average molecular weight is 354 g/mol. The number of rotatable bonds is 2. The van der Waals surface area contributed by atoms with Gasteiger partial charge in [0.05, 0.1) is 11.4 Å². The molecule has 0 fully saturated rings. The molecule has 20 heavy (non-hydrogen) atoms. The van der Waals surface area contributed by atoms with Crippen LogP contribution in [0.4, 0.5) is 11.4 Å². The fourth-order valence-electron chi connectivity index (χ4n) is 1.94. The van der Waals surface area contributed by atoms with E-state index in [1.54, 1.807) is 18.2 Å². The topological polar surface area (TPSA) is 55.1 Å². The summed E-state index contributed by atoms with van der Waals surface area (Å²) in [7, 11) is 0. The van der Waals surface area contributed by atoms with Crippen LogP contribution < -0.4 is 11.1 Å². The van der Waals surface area contributed by atoms with Crippen molar-refractivity contribution in [3.63, 3.8) is 0 Å². The number of hydrogen-bond donors (Lipinski definition) is 2. The smallest absolute Gasteiger partial charge is 0.256 e. The normalized spacial score (nSPS) is 10.4. The number of carbonyl (C=O) groups is 1.